The lowest BCUT2D eigenvalue weighted by Gasteiger charge is -2.43. The van der Waals surface area contributed by atoms with Crippen molar-refractivity contribution in [2.24, 2.45) is 5.92 Å². The molecule has 2 fully saturated rings. The molecule has 2 N–H and O–H groups in total. The van der Waals surface area contributed by atoms with Gasteiger partial charge in [-0.2, -0.15) is 0 Å². The average molecular weight is 388 g/mol. The molecule has 4 atom stereocenters. The number of phenolic OH excluding ortho intramolecular Hbond substituents is 2. The molecule has 2 aromatic rings. The molecule has 0 amide bonds. The number of para-hydroxylation sites is 1. The number of rotatable bonds is 2. The second-order valence-corrected chi connectivity index (χ2v) is 8.79. The number of hydrogen-bond acceptors (Lipinski definition) is 5. The summed E-state index contributed by atoms with van der Waals surface area (Å²) in [5.74, 6) is 0.907. The van der Waals surface area contributed by atoms with E-state index in [0.29, 0.717) is 6.42 Å². The van der Waals surface area contributed by atoms with Gasteiger partial charge in [0.05, 0.1) is 13.2 Å². The number of anilines is 1. The number of likely N-dealkylation sites (N-methyl/N-ethyl adjacent to an activating group) is 1. The quantitative estimate of drug-likeness (QED) is 0.607. The largest absolute Gasteiger partial charge is 0.504 e. The minimum Gasteiger partial charge on any atom is -0.504 e. The Kier molecular flexibility index (Phi) is 3.02. The average Bonchev–Trinajstić information content (AvgIpc) is 3.37. The predicted octanol–water partition coefficient (Wildman–Crippen LogP) is 3.66. The Morgan fingerprint density at radius 2 is 1.90 bits per heavy atom. The van der Waals surface area contributed by atoms with Crippen LogP contribution in [-0.2, 0) is 10.2 Å². The summed E-state index contributed by atoms with van der Waals surface area (Å²) in [5.41, 5.74) is 3.53. The van der Waals surface area contributed by atoms with Crippen molar-refractivity contribution in [3.8, 4) is 11.5 Å². The summed E-state index contributed by atoms with van der Waals surface area (Å²) in [4.78, 5) is 4.88. The van der Waals surface area contributed by atoms with E-state index in [1.54, 1.807) is 13.2 Å². The van der Waals surface area contributed by atoms with E-state index in [4.69, 9.17) is 4.74 Å². The number of benzene rings is 2. The Labute approximate surface area is 170 Å². The summed E-state index contributed by atoms with van der Waals surface area (Å²) >= 11 is 0. The number of fused-ring (bicyclic) bond motifs is 2. The second-order valence-electron chi connectivity index (χ2n) is 8.79. The SMILES string of the molecule is C=C1C[C@]23CN(C)[C@]4(C2C=C1OC)[C@@H](c1ccc(O)c(O)c13)N4c1ccccc1. The maximum absolute atomic E-state index is 11.0. The van der Waals surface area contributed by atoms with Gasteiger partial charge in [-0.15, -0.1) is 0 Å². The highest BCUT2D eigenvalue weighted by Gasteiger charge is 2.81. The van der Waals surface area contributed by atoms with Gasteiger partial charge in [-0.05, 0) is 48.9 Å². The normalized spacial score (nSPS) is 34.2. The summed E-state index contributed by atoms with van der Waals surface area (Å²) in [6, 6.07) is 14.2. The molecule has 5 nitrogen and oxygen atoms in total. The van der Waals surface area contributed by atoms with E-state index < -0.39 is 0 Å². The first-order chi connectivity index (χ1) is 14.0. The molecule has 1 spiro atoms. The molecule has 5 heteroatoms. The third-order valence-electron chi connectivity index (χ3n) is 7.59. The maximum atomic E-state index is 11.0. The highest BCUT2D eigenvalue weighted by molar-refractivity contribution is 5.74. The van der Waals surface area contributed by atoms with E-state index in [-0.39, 0.29) is 34.5 Å². The zero-order chi connectivity index (χ0) is 20.1. The van der Waals surface area contributed by atoms with E-state index in [2.05, 4.69) is 53.8 Å². The Balaban J connectivity index is 1.68. The zero-order valence-corrected chi connectivity index (χ0v) is 16.6. The van der Waals surface area contributed by atoms with Crippen LogP contribution >= 0.6 is 0 Å². The van der Waals surface area contributed by atoms with Gasteiger partial charge in [-0.1, -0.05) is 30.8 Å². The molecule has 6 rings (SSSR count). The van der Waals surface area contributed by atoms with Crippen molar-refractivity contribution in [3.63, 3.8) is 0 Å². The van der Waals surface area contributed by atoms with Crippen LogP contribution in [0.2, 0.25) is 0 Å². The third kappa shape index (κ3) is 1.72. The van der Waals surface area contributed by atoms with Crippen molar-refractivity contribution in [3.05, 3.63) is 77.6 Å². The van der Waals surface area contributed by atoms with Gasteiger partial charge in [0.2, 0.25) is 0 Å². The fourth-order valence-electron chi connectivity index (χ4n) is 6.68. The van der Waals surface area contributed by atoms with Gasteiger partial charge in [0, 0.05) is 29.1 Å². The Bertz CT molecular complexity index is 1090. The minimum atomic E-state index is -0.341. The number of aromatic hydroxyl groups is 2. The molecule has 2 aromatic carbocycles. The second kappa shape index (κ2) is 5.16. The summed E-state index contributed by atoms with van der Waals surface area (Å²) in [5, 5.41) is 21.4. The van der Waals surface area contributed by atoms with Gasteiger partial charge in [-0.3, -0.25) is 4.90 Å². The number of ether oxygens (including phenoxy) is 1. The lowest BCUT2D eigenvalue weighted by Crippen LogP contribution is -2.45. The highest BCUT2D eigenvalue weighted by Crippen LogP contribution is 2.76. The molecule has 29 heavy (non-hydrogen) atoms. The van der Waals surface area contributed by atoms with Crippen LogP contribution in [0.15, 0.2) is 66.5 Å². The van der Waals surface area contributed by atoms with Crippen LogP contribution in [-0.4, -0.2) is 41.5 Å². The van der Waals surface area contributed by atoms with Gasteiger partial charge in [0.25, 0.3) is 0 Å². The maximum Gasteiger partial charge on any atom is 0.161 e. The summed E-state index contributed by atoms with van der Waals surface area (Å²) in [6.07, 6.45) is 2.90. The van der Waals surface area contributed by atoms with Gasteiger partial charge in [0.1, 0.15) is 11.4 Å². The van der Waals surface area contributed by atoms with Crippen LogP contribution in [0.4, 0.5) is 5.69 Å². The fourth-order valence-corrected chi connectivity index (χ4v) is 6.68. The van der Waals surface area contributed by atoms with Crippen molar-refractivity contribution in [2.75, 3.05) is 25.6 Å². The minimum absolute atomic E-state index is 0.0124. The molecular formula is C24H24N2O3. The molecule has 2 saturated heterocycles. The Morgan fingerprint density at radius 1 is 1.14 bits per heavy atom. The van der Waals surface area contributed by atoms with Crippen molar-refractivity contribution in [2.45, 2.75) is 23.5 Å². The molecule has 0 aromatic heterocycles. The summed E-state index contributed by atoms with van der Waals surface area (Å²) in [7, 11) is 3.86. The predicted molar refractivity (Wildman–Crippen MR) is 111 cm³/mol. The molecule has 0 saturated carbocycles. The Morgan fingerprint density at radius 3 is 2.62 bits per heavy atom. The summed E-state index contributed by atoms with van der Waals surface area (Å²) < 4.78 is 5.67. The molecule has 2 bridgehead atoms. The van der Waals surface area contributed by atoms with Crippen LogP contribution in [0.1, 0.15) is 23.6 Å². The number of phenols is 2. The third-order valence-corrected chi connectivity index (χ3v) is 7.59. The van der Waals surface area contributed by atoms with E-state index in [9.17, 15) is 10.2 Å². The van der Waals surface area contributed by atoms with E-state index in [0.717, 1.165) is 34.7 Å². The Hall–Kier alpha value is -2.92. The van der Waals surface area contributed by atoms with Crippen LogP contribution in [0.25, 0.3) is 0 Å². The molecule has 1 unspecified atom stereocenters. The molecule has 4 aliphatic rings. The van der Waals surface area contributed by atoms with Crippen LogP contribution < -0.4 is 4.90 Å². The van der Waals surface area contributed by atoms with Gasteiger partial charge >= 0.3 is 0 Å². The number of nitrogens with zero attached hydrogens (tertiary/aromatic N) is 2. The fraction of sp³-hybridized carbons (Fsp3) is 0.333. The smallest absolute Gasteiger partial charge is 0.161 e. The first kappa shape index (κ1) is 17.0. The molecule has 0 radical (unpaired) electrons. The first-order valence-electron chi connectivity index (χ1n) is 10.0. The molecule has 2 aliphatic heterocycles. The van der Waals surface area contributed by atoms with E-state index in [1.807, 2.05) is 12.1 Å². The molecule has 2 aliphatic carbocycles. The van der Waals surface area contributed by atoms with Crippen LogP contribution in [0.3, 0.4) is 0 Å². The van der Waals surface area contributed by atoms with Crippen molar-refractivity contribution < 1.29 is 14.9 Å². The number of allylic oxidation sites excluding steroid dienone is 1. The van der Waals surface area contributed by atoms with Gasteiger partial charge in [-0.25, -0.2) is 0 Å². The first-order valence-corrected chi connectivity index (χ1v) is 10.0. The van der Waals surface area contributed by atoms with Crippen molar-refractivity contribution in [1.82, 2.24) is 4.90 Å². The van der Waals surface area contributed by atoms with Crippen LogP contribution in [0.5, 0.6) is 11.5 Å². The van der Waals surface area contributed by atoms with Gasteiger partial charge < -0.3 is 19.8 Å². The lowest BCUT2D eigenvalue weighted by molar-refractivity contribution is 0.229. The molecule has 2 heterocycles. The zero-order valence-electron chi connectivity index (χ0n) is 16.6. The molecule has 148 valence electrons. The monoisotopic (exact) mass is 388 g/mol. The van der Waals surface area contributed by atoms with E-state index in [1.165, 1.54) is 0 Å². The van der Waals surface area contributed by atoms with E-state index >= 15 is 0 Å². The summed E-state index contributed by atoms with van der Waals surface area (Å²) in [6.45, 7) is 5.05. The van der Waals surface area contributed by atoms with Crippen molar-refractivity contribution >= 4 is 5.69 Å². The standard InChI is InChI=1S/C24H24N2O3/c1-14-12-23-13-25(2)24(19(23)11-18(14)29-3)22(26(24)15-7-5-4-6-8-15)16-9-10-17(27)21(28)20(16)23/h4-11,19,22,27-28H,1,12-13H2,2-3H3/t19?,22-,23+,24+,26?/m1/s1. The number of likely N-dealkylation sites (tertiary alicyclic amines) is 1. The topological polar surface area (TPSA) is 55.9 Å². The van der Waals surface area contributed by atoms with Gasteiger partial charge in [0.15, 0.2) is 11.5 Å². The van der Waals surface area contributed by atoms with Crippen LogP contribution in [0, 0.1) is 5.92 Å². The van der Waals surface area contributed by atoms with Crippen molar-refractivity contribution in [1.29, 1.82) is 0 Å². The lowest BCUT2D eigenvalue weighted by atomic mass is 9.59. The number of methoxy groups -OCH3 is 1. The highest BCUT2D eigenvalue weighted by atomic mass is 16.5. The number of hydrogen-bond donors (Lipinski definition) is 2. The molecular weight excluding hydrogens is 364 g/mol.